The second-order valence-electron chi connectivity index (χ2n) is 10.2. The van der Waals surface area contributed by atoms with Gasteiger partial charge in [-0.25, -0.2) is 10.6 Å². The second kappa shape index (κ2) is 13.2. The molecule has 0 saturated carbocycles. The van der Waals surface area contributed by atoms with E-state index in [1.54, 1.807) is 75.5 Å². The average molecular weight is 611 g/mol. The number of hydrogen-bond donors (Lipinski definition) is 1. The van der Waals surface area contributed by atoms with Crippen molar-refractivity contribution in [3.8, 4) is 11.5 Å². The minimum atomic E-state index is -5.46. The van der Waals surface area contributed by atoms with Gasteiger partial charge in [0.15, 0.2) is 11.5 Å². The number of nitrogens with zero attached hydrogens (tertiary/aromatic N) is 3. The predicted molar refractivity (Wildman–Crippen MR) is 159 cm³/mol. The number of carbonyl (C=O) groups excluding carboxylic acids is 2. The highest BCUT2D eigenvalue weighted by atomic mass is 19.4. The van der Waals surface area contributed by atoms with Crippen molar-refractivity contribution in [1.82, 2.24) is 9.88 Å². The summed E-state index contributed by atoms with van der Waals surface area (Å²) in [5.41, 5.74) is -2.28. The van der Waals surface area contributed by atoms with Crippen LogP contribution in [0, 0.1) is 0 Å². The van der Waals surface area contributed by atoms with Crippen molar-refractivity contribution in [2.24, 2.45) is 5.84 Å². The lowest BCUT2D eigenvalue weighted by Crippen LogP contribution is -2.63. The Morgan fingerprint density at radius 2 is 1.68 bits per heavy atom. The van der Waals surface area contributed by atoms with Crippen LogP contribution in [0.4, 0.5) is 18.9 Å². The summed E-state index contributed by atoms with van der Waals surface area (Å²) in [6.07, 6.45) is -2.60. The van der Waals surface area contributed by atoms with E-state index in [9.17, 15) is 22.8 Å². The summed E-state index contributed by atoms with van der Waals surface area (Å²) in [5, 5.41) is 2.07. The highest BCUT2D eigenvalue weighted by Crippen LogP contribution is 2.41. The molecule has 1 heterocycles. The SMILES string of the molecule is CCOc1cc([C@@](OC(=O)C(F)(F)F)(C(=O)N(C)Cc2ccccc2)N(N)c2ccc3cnccc3c2)ccc1OC(C)C. The monoisotopic (exact) mass is 610 g/mol. The number of aromatic nitrogens is 1. The van der Waals surface area contributed by atoms with Crippen LogP contribution >= 0.6 is 0 Å². The molecule has 3 aromatic carbocycles. The van der Waals surface area contributed by atoms with E-state index < -0.39 is 23.8 Å². The van der Waals surface area contributed by atoms with Crippen molar-refractivity contribution >= 4 is 28.3 Å². The topological polar surface area (TPSA) is 107 Å². The maximum atomic E-state index is 14.5. The number of amides is 1. The fraction of sp³-hybridized carbons (Fsp3) is 0.281. The number of ether oxygens (including phenoxy) is 3. The van der Waals surface area contributed by atoms with Gasteiger partial charge in [-0.3, -0.25) is 14.8 Å². The van der Waals surface area contributed by atoms with Gasteiger partial charge in [-0.2, -0.15) is 13.2 Å². The molecule has 0 radical (unpaired) electrons. The first kappa shape index (κ1) is 32.1. The third-order valence-electron chi connectivity index (χ3n) is 6.61. The second-order valence-corrected chi connectivity index (χ2v) is 10.2. The Labute approximate surface area is 252 Å². The van der Waals surface area contributed by atoms with Gasteiger partial charge in [-0.1, -0.05) is 36.4 Å². The lowest BCUT2D eigenvalue weighted by Gasteiger charge is -2.42. The molecule has 0 unspecified atom stereocenters. The Bertz CT molecular complexity index is 1620. The Balaban J connectivity index is 1.98. The van der Waals surface area contributed by atoms with Crippen LogP contribution in [0.3, 0.4) is 0 Å². The maximum absolute atomic E-state index is 14.5. The van der Waals surface area contributed by atoms with E-state index in [4.69, 9.17) is 20.1 Å². The number of pyridine rings is 1. The minimum Gasteiger partial charge on any atom is -0.490 e. The molecular weight excluding hydrogens is 577 g/mol. The van der Waals surface area contributed by atoms with E-state index in [2.05, 4.69) is 4.98 Å². The van der Waals surface area contributed by atoms with Crippen molar-refractivity contribution in [3.05, 3.63) is 96.3 Å². The van der Waals surface area contributed by atoms with Crippen LogP contribution in [-0.2, 0) is 26.6 Å². The summed E-state index contributed by atoms with van der Waals surface area (Å²) in [4.78, 5) is 32.4. The first-order valence-electron chi connectivity index (χ1n) is 13.8. The number of benzene rings is 3. The van der Waals surface area contributed by atoms with Crippen molar-refractivity contribution in [2.75, 3.05) is 18.7 Å². The van der Waals surface area contributed by atoms with Gasteiger partial charge in [0.25, 0.3) is 5.91 Å². The molecule has 12 heteroatoms. The molecule has 44 heavy (non-hydrogen) atoms. The number of anilines is 1. The molecule has 1 atom stereocenters. The van der Waals surface area contributed by atoms with E-state index in [1.807, 2.05) is 0 Å². The van der Waals surface area contributed by atoms with Crippen LogP contribution in [0.25, 0.3) is 10.8 Å². The summed E-state index contributed by atoms with van der Waals surface area (Å²) in [5.74, 6) is 3.35. The molecular formula is C32H33F3N4O5. The van der Waals surface area contributed by atoms with Crippen molar-refractivity contribution in [3.63, 3.8) is 0 Å². The van der Waals surface area contributed by atoms with Crippen LogP contribution in [-0.4, -0.2) is 47.7 Å². The summed E-state index contributed by atoms with van der Waals surface area (Å²) in [7, 11) is 1.38. The smallest absolute Gasteiger partial charge is 0.490 e. The fourth-order valence-corrected chi connectivity index (χ4v) is 4.64. The molecule has 2 N–H and O–H groups in total. The van der Waals surface area contributed by atoms with Crippen LogP contribution < -0.4 is 20.3 Å². The molecule has 9 nitrogen and oxygen atoms in total. The number of hydrogen-bond acceptors (Lipinski definition) is 8. The zero-order valence-electron chi connectivity index (χ0n) is 24.7. The minimum absolute atomic E-state index is 0.0327. The zero-order chi connectivity index (χ0) is 32.1. The third-order valence-corrected chi connectivity index (χ3v) is 6.61. The number of likely N-dealkylation sites (N-methyl/N-ethyl adjacent to an activating group) is 1. The number of hydrazine groups is 1. The first-order chi connectivity index (χ1) is 20.9. The molecule has 4 rings (SSSR count). The molecule has 1 amide bonds. The number of nitrogens with two attached hydrogens (primary N) is 1. The van der Waals surface area contributed by atoms with Crippen molar-refractivity contribution in [1.29, 1.82) is 0 Å². The number of carbonyl (C=O) groups is 2. The molecule has 232 valence electrons. The number of alkyl halides is 3. The summed E-state index contributed by atoms with van der Waals surface area (Å²) in [6.45, 7) is 5.42. The molecule has 0 aliphatic rings. The Kier molecular flexibility index (Phi) is 9.63. The molecule has 4 aromatic rings. The van der Waals surface area contributed by atoms with Gasteiger partial charge in [0, 0.05) is 36.9 Å². The molecule has 0 fully saturated rings. The lowest BCUT2D eigenvalue weighted by molar-refractivity contribution is -0.217. The Morgan fingerprint density at radius 3 is 2.34 bits per heavy atom. The number of rotatable bonds is 11. The van der Waals surface area contributed by atoms with E-state index in [0.29, 0.717) is 16.3 Å². The molecule has 0 spiro atoms. The van der Waals surface area contributed by atoms with Gasteiger partial charge in [0.2, 0.25) is 0 Å². The molecule has 0 saturated heterocycles. The highest BCUT2D eigenvalue weighted by molar-refractivity contribution is 5.94. The molecule has 1 aromatic heterocycles. The average Bonchev–Trinajstić information content (AvgIpc) is 2.99. The zero-order valence-corrected chi connectivity index (χ0v) is 24.7. The summed E-state index contributed by atoms with van der Waals surface area (Å²) < 4.78 is 58.4. The van der Waals surface area contributed by atoms with Crippen molar-refractivity contribution < 1.29 is 37.0 Å². The van der Waals surface area contributed by atoms with E-state index >= 15 is 0 Å². The Hall–Kier alpha value is -4.84. The van der Waals surface area contributed by atoms with Crippen LogP contribution in [0.5, 0.6) is 11.5 Å². The van der Waals surface area contributed by atoms with E-state index in [0.717, 1.165) is 9.91 Å². The van der Waals surface area contributed by atoms with Gasteiger partial charge in [-0.05, 0) is 68.1 Å². The highest BCUT2D eigenvalue weighted by Gasteiger charge is 2.56. The largest absolute Gasteiger partial charge is 0.491 e. The van der Waals surface area contributed by atoms with Crippen LogP contribution in [0.1, 0.15) is 31.9 Å². The van der Waals surface area contributed by atoms with Gasteiger partial charge in [0.05, 0.1) is 18.4 Å². The first-order valence-corrected chi connectivity index (χ1v) is 13.8. The van der Waals surface area contributed by atoms with Gasteiger partial charge >= 0.3 is 17.9 Å². The predicted octanol–water partition coefficient (Wildman–Crippen LogP) is 5.72. The third kappa shape index (κ3) is 6.86. The van der Waals surface area contributed by atoms with Crippen LogP contribution in [0.15, 0.2) is 85.2 Å². The molecule has 0 aliphatic carbocycles. The fourth-order valence-electron chi connectivity index (χ4n) is 4.64. The van der Waals surface area contributed by atoms with Gasteiger partial charge in [-0.15, -0.1) is 0 Å². The van der Waals surface area contributed by atoms with Crippen molar-refractivity contribution in [2.45, 2.75) is 45.3 Å². The van der Waals surface area contributed by atoms with Gasteiger partial charge in [0.1, 0.15) is 0 Å². The van der Waals surface area contributed by atoms with Crippen LogP contribution in [0.2, 0.25) is 0 Å². The van der Waals surface area contributed by atoms with E-state index in [-0.39, 0.29) is 42.0 Å². The Morgan fingerprint density at radius 1 is 0.955 bits per heavy atom. The number of fused-ring (bicyclic) bond motifs is 1. The maximum Gasteiger partial charge on any atom is 0.491 e. The summed E-state index contributed by atoms with van der Waals surface area (Å²) >= 11 is 0. The van der Waals surface area contributed by atoms with Gasteiger partial charge < -0.3 is 19.1 Å². The number of esters is 1. The normalized spacial score (nSPS) is 12.8. The molecule has 0 aliphatic heterocycles. The number of halogens is 3. The quantitative estimate of drug-likeness (QED) is 0.0995. The summed E-state index contributed by atoms with van der Waals surface area (Å²) in [6, 6.07) is 19.2. The standard InChI is InChI=1S/C32H33F3N4O5/c1-5-42-28-18-25(12-14-27(28)43-21(2)3)31(44-30(41)32(33,34)35,29(40)38(4)20-22-9-7-6-8-10-22)39(36)26-13-11-24-19-37-16-15-23(24)17-26/h6-19,21H,5,20,36H2,1-4H3/t31-/m1/s1. The lowest BCUT2D eigenvalue weighted by atomic mass is 9.97. The molecule has 0 bridgehead atoms. The van der Waals surface area contributed by atoms with E-state index in [1.165, 1.54) is 37.5 Å².